The Bertz CT molecular complexity index is 1240. The molecule has 34 heavy (non-hydrogen) atoms. The maximum Gasteiger partial charge on any atom is 0.0192 e. The van der Waals surface area contributed by atoms with Crippen molar-refractivity contribution >= 4 is 6.08 Å². The van der Waals surface area contributed by atoms with E-state index >= 15 is 0 Å². The molecule has 0 saturated heterocycles. The van der Waals surface area contributed by atoms with Crippen LogP contribution in [0.5, 0.6) is 0 Å². The fourth-order valence-corrected chi connectivity index (χ4v) is 3.27. The van der Waals surface area contributed by atoms with E-state index < -0.39 is 0 Å². The van der Waals surface area contributed by atoms with Gasteiger partial charge in [0.2, 0.25) is 0 Å². The van der Waals surface area contributed by atoms with Gasteiger partial charge in [-0.05, 0) is 42.4 Å². The summed E-state index contributed by atoms with van der Waals surface area (Å²) in [6.45, 7) is 16.5. The third kappa shape index (κ3) is 7.06. The summed E-state index contributed by atoms with van der Waals surface area (Å²) < 4.78 is 0. The van der Waals surface area contributed by atoms with Crippen LogP contribution in [0, 0.1) is 39.8 Å². The first-order valence-corrected chi connectivity index (χ1v) is 11.3. The zero-order valence-corrected chi connectivity index (χ0v) is 23.3. The minimum absolute atomic E-state index is 0. The Morgan fingerprint density at radius 3 is 2.03 bits per heavy atom. The maximum atomic E-state index is 4.45. The molecule has 2 aromatic heterocycles. The van der Waals surface area contributed by atoms with Gasteiger partial charge in [-0.2, -0.15) is 0 Å². The van der Waals surface area contributed by atoms with Gasteiger partial charge in [-0.15, -0.1) is 70.3 Å². The molecule has 0 amide bonds. The van der Waals surface area contributed by atoms with Crippen LogP contribution in [0.3, 0.4) is 0 Å². The standard InChI is InChI=1S/C16H18N.C15H14N.Ir/c1-11(2)14-5-7-15(8-6-14)16-9-12(3)13(4)10-17-16;1-4-13-7-8-16-15(10-13)14-6-5-11(2)12(3)9-14;/h5-7,9-11H,1-4H3;4-5,7-10H,1H2,2-3H3;/q2*-1;. The van der Waals surface area contributed by atoms with Gasteiger partial charge >= 0.3 is 0 Å². The van der Waals surface area contributed by atoms with Crippen LogP contribution in [0.4, 0.5) is 0 Å². The Hall–Kier alpha value is -2.87. The first-order valence-electron chi connectivity index (χ1n) is 11.3. The smallest absolute Gasteiger partial charge is 0.0192 e. The second-order valence-electron chi connectivity index (χ2n) is 8.74. The van der Waals surface area contributed by atoms with Crippen LogP contribution >= 0.6 is 0 Å². The number of benzene rings is 2. The van der Waals surface area contributed by atoms with E-state index in [0.29, 0.717) is 5.92 Å². The van der Waals surface area contributed by atoms with E-state index in [1.807, 2.05) is 30.5 Å². The monoisotopic (exact) mass is 625 g/mol. The number of nitrogens with zero attached hydrogens (tertiary/aromatic N) is 2. The van der Waals surface area contributed by atoms with Crippen LogP contribution in [-0.2, 0) is 20.1 Å². The molecule has 4 rings (SSSR count). The predicted molar refractivity (Wildman–Crippen MR) is 140 cm³/mol. The summed E-state index contributed by atoms with van der Waals surface area (Å²) in [5, 5.41) is 0. The largest absolute Gasteiger partial charge is 0.305 e. The van der Waals surface area contributed by atoms with Crippen LogP contribution < -0.4 is 0 Å². The van der Waals surface area contributed by atoms with E-state index in [1.165, 1.54) is 27.8 Å². The molecular weight excluding hydrogens is 593 g/mol. The molecule has 0 aliphatic heterocycles. The molecule has 3 heteroatoms. The van der Waals surface area contributed by atoms with Crippen LogP contribution in [0.15, 0.2) is 67.5 Å². The van der Waals surface area contributed by atoms with Gasteiger partial charge in [-0.25, -0.2) is 0 Å². The molecule has 4 aromatic rings. The summed E-state index contributed by atoms with van der Waals surface area (Å²) in [7, 11) is 0. The van der Waals surface area contributed by atoms with E-state index in [1.54, 1.807) is 6.20 Å². The normalized spacial score (nSPS) is 10.2. The number of hydrogen-bond acceptors (Lipinski definition) is 2. The molecule has 0 fully saturated rings. The number of hydrogen-bond donors (Lipinski definition) is 0. The number of pyridine rings is 2. The quantitative estimate of drug-likeness (QED) is 0.215. The van der Waals surface area contributed by atoms with Gasteiger partial charge in [0.1, 0.15) is 0 Å². The van der Waals surface area contributed by atoms with Gasteiger partial charge in [-0.1, -0.05) is 64.0 Å². The van der Waals surface area contributed by atoms with Gasteiger partial charge in [0.25, 0.3) is 0 Å². The van der Waals surface area contributed by atoms with Gasteiger partial charge < -0.3 is 9.97 Å². The van der Waals surface area contributed by atoms with Gasteiger partial charge in [0.05, 0.1) is 0 Å². The topological polar surface area (TPSA) is 25.8 Å². The Balaban J connectivity index is 0.000000234. The molecule has 2 heterocycles. The van der Waals surface area contributed by atoms with Crippen molar-refractivity contribution in [2.75, 3.05) is 0 Å². The average molecular weight is 625 g/mol. The molecule has 0 aliphatic rings. The second kappa shape index (κ2) is 12.6. The first kappa shape index (κ1) is 27.4. The fraction of sp³-hybridized carbons (Fsp3) is 0.226. The van der Waals surface area contributed by atoms with Crippen LogP contribution in [0.25, 0.3) is 28.6 Å². The molecule has 0 bridgehead atoms. The molecule has 0 aliphatic carbocycles. The van der Waals surface area contributed by atoms with E-state index in [2.05, 4.69) is 101 Å². The van der Waals surface area contributed by atoms with Gasteiger partial charge in [0, 0.05) is 32.5 Å². The Morgan fingerprint density at radius 1 is 0.765 bits per heavy atom. The molecule has 0 N–H and O–H groups in total. The summed E-state index contributed by atoms with van der Waals surface area (Å²) >= 11 is 0. The van der Waals surface area contributed by atoms with E-state index in [-0.39, 0.29) is 20.1 Å². The van der Waals surface area contributed by atoms with Crippen LogP contribution in [-0.4, -0.2) is 9.97 Å². The summed E-state index contributed by atoms with van der Waals surface area (Å²) in [6, 6.07) is 23.1. The van der Waals surface area contributed by atoms with Crippen molar-refractivity contribution in [1.29, 1.82) is 0 Å². The van der Waals surface area contributed by atoms with Crippen molar-refractivity contribution in [3.63, 3.8) is 0 Å². The third-order valence-electron chi connectivity index (χ3n) is 5.87. The van der Waals surface area contributed by atoms with E-state index in [4.69, 9.17) is 0 Å². The Labute approximate surface area is 218 Å². The minimum atomic E-state index is 0. The molecule has 2 nitrogen and oxygen atoms in total. The summed E-state index contributed by atoms with van der Waals surface area (Å²) in [6.07, 6.45) is 5.55. The fourth-order valence-electron chi connectivity index (χ4n) is 3.27. The molecule has 0 atom stereocenters. The Kier molecular flexibility index (Phi) is 10.1. The van der Waals surface area contributed by atoms with Crippen molar-refractivity contribution in [3.8, 4) is 22.5 Å². The first-order chi connectivity index (χ1) is 15.8. The number of aryl methyl sites for hydroxylation is 4. The van der Waals surface area contributed by atoms with Crippen molar-refractivity contribution in [1.82, 2.24) is 9.97 Å². The summed E-state index contributed by atoms with van der Waals surface area (Å²) in [4.78, 5) is 8.80. The van der Waals surface area contributed by atoms with Crippen molar-refractivity contribution in [3.05, 3.63) is 113 Å². The molecule has 0 saturated carbocycles. The van der Waals surface area contributed by atoms with Gasteiger partial charge in [0.15, 0.2) is 0 Å². The molecular formula is C31H32IrN2-2. The van der Waals surface area contributed by atoms with Crippen molar-refractivity contribution in [2.45, 2.75) is 47.5 Å². The zero-order valence-electron chi connectivity index (χ0n) is 20.9. The summed E-state index contributed by atoms with van der Waals surface area (Å²) in [5.74, 6) is 0.549. The van der Waals surface area contributed by atoms with Crippen molar-refractivity contribution in [2.24, 2.45) is 0 Å². The van der Waals surface area contributed by atoms with Gasteiger partial charge in [-0.3, -0.25) is 0 Å². The van der Waals surface area contributed by atoms with Crippen LogP contribution in [0.2, 0.25) is 0 Å². The molecule has 177 valence electrons. The summed E-state index contributed by atoms with van der Waals surface area (Å²) in [5.41, 5.74) is 11.5. The predicted octanol–water partition coefficient (Wildman–Crippen LogP) is 8.10. The molecule has 2 aromatic carbocycles. The zero-order chi connectivity index (χ0) is 24.0. The number of rotatable bonds is 4. The van der Waals surface area contributed by atoms with E-state index in [9.17, 15) is 0 Å². The molecule has 0 unspecified atom stereocenters. The SMILES string of the molecule is C=Cc1ccnc(-c2[c-]cc(C)c(C)c2)c1.Cc1cnc(-c2[c-]cc(C(C)C)cc2)cc1C.[Ir]. The third-order valence-corrected chi connectivity index (χ3v) is 5.87. The molecule has 1 radical (unpaired) electrons. The van der Waals surface area contributed by atoms with Crippen molar-refractivity contribution < 1.29 is 20.1 Å². The minimum Gasteiger partial charge on any atom is -0.305 e. The Morgan fingerprint density at radius 2 is 1.44 bits per heavy atom. The number of aromatic nitrogens is 2. The maximum absolute atomic E-state index is 4.45. The average Bonchev–Trinajstić information content (AvgIpc) is 2.83. The van der Waals surface area contributed by atoms with Crippen LogP contribution in [0.1, 0.15) is 53.1 Å². The second-order valence-corrected chi connectivity index (χ2v) is 8.74. The molecule has 0 spiro atoms. The van der Waals surface area contributed by atoms with E-state index in [0.717, 1.165) is 28.1 Å².